The summed E-state index contributed by atoms with van der Waals surface area (Å²) >= 11 is 6.24. The first-order valence-electron chi connectivity index (χ1n) is 11.5. The van der Waals surface area contributed by atoms with E-state index in [0.717, 1.165) is 13.1 Å². The monoisotopic (exact) mass is 476 g/mol. The van der Waals surface area contributed by atoms with Crippen LogP contribution in [0.1, 0.15) is 24.1 Å². The fourth-order valence-electron chi connectivity index (χ4n) is 4.18. The van der Waals surface area contributed by atoms with Gasteiger partial charge in [0.2, 0.25) is 5.84 Å². The lowest BCUT2D eigenvalue weighted by atomic mass is 9.96. The Bertz CT molecular complexity index is 1060. The van der Waals surface area contributed by atoms with E-state index in [1.165, 1.54) is 11.1 Å². The van der Waals surface area contributed by atoms with Gasteiger partial charge in [0.1, 0.15) is 0 Å². The number of amidine groups is 1. The van der Waals surface area contributed by atoms with Crippen molar-refractivity contribution in [2.75, 3.05) is 38.2 Å². The van der Waals surface area contributed by atoms with Gasteiger partial charge in [0.15, 0.2) is 0 Å². The molecular weight excluding hydrogens is 448 g/mol. The number of nitrogens with one attached hydrogen (secondary N) is 1. The van der Waals surface area contributed by atoms with Crippen LogP contribution in [0.2, 0.25) is 5.02 Å². The zero-order valence-corrected chi connectivity index (χ0v) is 20.0. The summed E-state index contributed by atoms with van der Waals surface area (Å²) in [5.41, 5.74) is 6.08. The Morgan fingerprint density at radius 2 is 1.47 bits per heavy atom. The van der Waals surface area contributed by atoms with E-state index in [9.17, 15) is 4.79 Å². The maximum absolute atomic E-state index is 12.7. The predicted molar refractivity (Wildman–Crippen MR) is 137 cm³/mol. The average molecular weight is 477 g/mol. The molecule has 0 atom stereocenters. The first-order chi connectivity index (χ1) is 16.7. The first-order valence-corrected chi connectivity index (χ1v) is 11.9. The third-order valence-corrected chi connectivity index (χ3v) is 6.15. The topological polar surface area (TPSA) is 57.2 Å². The molecule has 1 aliphatic heterocycles. The summed E-state index contributed by atoms with van der Waals surface area (Å²) in [5, 5.41) is 4.93. The summed E-state index contributed by atoms with van der Waals surface area (Å²) in [7, 11) is 0. The first kappa shape index (κ1) is 23.8. The zero-order valence-electron chi connectivity index (χ0n) is 19.2. The van der Waals surface area contributed by atoms with Gasteiger partial charge in [-0.1, -0.05) is 84.4 Å². The fourth-order valence-corrected chi connectivity index (χ4v) is 4.36. The number of hydrogen-bond acceptors (Lipinski definition) is 5. The highest BCUT2D eigenvalue weighted by Crippen LogP contribution is 2.29. The Morgan fingerprint density at radius 1 is 0.912 bits per heavy atom. The molecule has 3 aromatic rings. The number of hydrazone groups is 1. The van der Waals surface area contributed by atoms with Crippen molar-refractivity contribution in [1.29, 1.82) is 0 Å². The molecule has 0 aromatic heterocycles. The summed E-state index contributed by atoms with van der Waals surface area (Å²) < 4.78 is 5.29. The van der Waals surface area contributed by atoms with Gasteiger partial charge in [-0.15, -0.1) is 5.10 Å². The van der Waals surface area contributed by atoms with Crippen LogP contribution in [-0.4, -0.2) is 54.4 Å². The van der Waals surface area contributed by atoms with Crippen LogP contribution in [0.5, 0.6) is 0 Å². The van der Waals surface area contributed by atoms with E-state index in [4.69, 9.17) is 16.3 Å². The molecule has 6 nitrogen and oxygen atoms in total. The molecule has 0 spiro atoms. The SMILES string of the molecule is CCOC(=O)C(=NNc1ccccc1Cl)N1CCN(C(c2ccccc2)c2ccccc2)CC1. The molecule has 1 saturated heterocycles. The zero-order chi connectivity index (χ0) is 23.8. The number of benzene rings is 3. The number of nitrogens with zero attached hydrogens (tertiary/aromatic N) is 3. The third-order valence-electron chi connectivity index (χ3n) is 5.82. The van der Waals surface area contributed by atoms with Crippen LogP contribution < -0.4 is 5.43 Å². The third kappa shape index (κ3) is 5.76. The Hall–Kier alpha value is -3.35. The number of carbonyl (C=O) groups is 1. The van der Waals surface area contributed by atoms with Crippen LogP contribution in [-0.2, 0) is 9.53 Å². The smallest absolute Gasteiger partial charge is 0.375 e. The number of anilines is 1. The number of esters is 1. The van der Waals surface area contributed by atoms with Crippen molar-refractivity contribution < 1.29 is 9.53 Å². The van der Waals surface area contributed by atoms with Crippen LogP contribution >= 0.6 is 11.6 Å². The van der Waals surface area contributed by atoms with E-state index >= 15 is 0 Å². The van der Waals surface area contributed by atoms with Crippen LogP contribution in [0.15, 0.2) is 90.0 Å². The Labute approximate surface area is 205 Å². The lowest BCUT2D eigenvalue weighted by Crippen LogP contribution is -2.52. The molecule has 1 N–H and O–H groups in total. The van der Waals surface area contributed by atoms with Crippen molar-refractivity contribution >= 4 is 29.1 Å². The summed E-state index contributed by atoms with van der Waals surface area (Å²) in [5.74, 6) is -0.185. The van der Waals surface area contributed by atoms with Gasteiger partial charge in [0.05, 0.1) is 23.4 Å². The van der Waals surface area contributed by atoms with E-state index in [1.807, 2.05) is 35.2 Å². The number of para-hydroxylation sites is 1. The molecule has 1 fully saturated rings. The van der Waals surface area contributed by atoms with Gasteiger partial charge >= 0.3 is 5.97 Å². The Balaban J connectivity index is 1.52. The molecular formula is C27H29ClN4O2. The molecule has 34 heavy (non-hydrogen) atoms. The van der Waals surface area contributed by atoms with Crippen LogP contribution in [0, 0.1) is 0 Å². The molecule has 0 saturated carbocycles. The summed E-state index contributed by atoms with van der Waals surface area (Å²) in [6, 6.07) is 28.5. The second-order valence-corrected chi connectivity index (χ2v) is 8.40. The molecule has 7 heteroatoms. The molecule has 0 amide bonds. The van der Waals surface area contributed by atoms with E-state index in [0.29, 0.717) is 23.8 Å². The van der Waals surface area contributed by atoms with E-state index < -0.39 is 5.97 Å². The van der Waals surface area contributed by atoms with Crippen LogP contribution in [0.3, 0.4) is 0 Å². The van der Waals surface area contributed by atoms with Crippen molar-refractivity contribution in [3.63, 3.8) is 0 Å². The van der Waals surface area contributed by atoms with E-state index in [1.54, 1.807) is 13.0 Å². The minimum atomic E-state index is -0.446. The fraction of sp³-hybridized carbons (Fsp3) is 0.259. The average Bonchev–Trinajstić information content (AvgIpc) is 2.88. The van der Waals surface area contributed by atoms with E-state index in [-0.39, 0.29) is 18.5 Å². The minimum absolute atomic E-state index is 0.147. The second-order valence-electron chi connectivity index (χ2n) is 7.99. The van der Waals surface area contributed by atoms with E-state index in [2.05, 4.69) is 64.0 Å². The van der Waals surface area contributed by atoms with Gasteiger partial charge < -0.3 is 9.64 Å². The number of carbonyl (C=O) groups excluding carboxylic acids is 1. The van der Waals surface area contributed by atoms with Crippen molar-refractivity contribution in [3.8, 4) is 0 Å². The van der Waals surface area contributed by atoms with Crippen molar-refractivity contribution in [1.82, 2.24) is 9.80 Å². The van der Waals surface area contributed by atoms with Gasteiger partial charge in [0.25, 0.3) is 0 Å². The maximum atomic E-state index is 12.7. The van der Waals surface area contributed by atoms with Crippen molar-refractivity contribution in [2.45, 2.75) is 13.0 Å². The number of ether oxygens (including phenoxy) is 1. The molecule has 3 aromatic carbocycles. The molecule has 1 heterocycles. The van der Waals surface area contributed by atoms with Gasteiger partial charge in [-0.2, -0.15) is 0 Å². The minimum Gasteiger partial charge on any atom is -0.460 e. The highest BCUT2D eigenvalue weighted by molar-refractivity contribution is 6.35. The standard InChI is InChI=1S/C27H29ClN4O2/c1-2-34-27(33)26(30-29-24-16-10-9-15-23(24)28)32-19-17-31(18-20-32)25(21-11-5-3-6-12-21)22-13-7-4-8-14-22/h3-16,25,29H,2,17-20H2,1H3. The number of piperazine rings is 1. The second kappa shape index (κ2) is 11.7. The largest absolute Gasteiger partial charge is 0.460 e. The highest BCUT2D eigenvalue weighted by atomic mass is 35.5. The molecule has 1 aliphatic rings. The van der Waals surface area contributed by atoms with Gasteiger partial charge in [-0.05, 0) is 30.2 Å². The molecule has 4 rings (SSSR count). The predicted octanol–water partition coefficient (Wildman–Crippen LogP) is 5.04. The van der Waals surface area contributed by atoms with Gasteiger partial charge in [-0.25, -0.2) is 4.79 Å². The maximum Gasteiger partial charge on any atom is 0.375 e. The van der Waals surface area contributed by atoms with Gasteiger partial charge in [-0.3, -0.25) is 10.3 Å². The highest BCUT2D eigenvalue weighted by Gasteiger charge is 2.30. The summed E-state index contributed by atoms with van der Waals surface area (Å²) in [4.78, 5) is 17.2. The Kier molecular flexibility index (Phi) is 8.17. The molecule has 0 radical (unpaired) electrons. The Morgan fingerprint density at radius 3 is 2.03 bits per heavy atom. The lowest BCUT2D eigenvalue weighted by molar-refractivity contribution is -0.136. The quantitative estimate of drug-likeness (QED) is 0.234. The molecule has 0 aliphatic carbocycles. The number of rotatable bonds is 6. The summed E-state index contributed by atoms with van der Waals surface area (Å²) in [6.45, 7) is 4.93. The summed E-state index contributed by atoms with van der Waals surface area (Å²) in [6.07, 6.45) is 0. The molecule has 0 unspecified atom stereocenters. The van der Waals surface area contributed by atoms with Crippen molar-refractivity contribution in [3.05, 3.63) is 101 Å². The van der Waals surface area contributed by atoms with Gasteiger partial charge in [0, 0.05) is 26.2 Å². The van der Waals surface area contributed by atoms with Crippen LogP contribution in [0.4, 0.5) is 5.69 Å². The normalized spacial score (nSPS) is 14.8. The molecule has 0 bridgehead atoms. The lowest BCUT2D eigenvalue weighted by Gasteiger charge is -2.40. The van der Waals surface area contributed by atoms with Crippen molar-refractivity contribution in [2.24, 2.45) is 5.10 Å². The number of halogens is 1. The number of hydrogen-bond donors (Lipinski definition) is 1. The molecule has 176 valence electrons. The van der Waals surface area contributed by atoms with Crippen LogP contribution in [0.25, 0.3) is 0 Å².